The second kappa shape index (κ2) is 2.82. The van der Waals surface area contributed by atoms with Gasteiger partial charge < -0.3 is 5.11 Å². The van der Waals surface area contributed by atoms with Crippen molar-refractivity contribution in [2.24, 2.45) is 11.3 Å². The van der Waals surface area contributed by atoms with Crippen molar-refractivity contribution >= 4 is 0 Å². The van der Waals surface area contributed by atoms with Crippen molar-refractivity contribution in [1.29, 1.82) is 0 Å². The lowest BCUT2D eigenvalue weighted by Crippen LogP contribution is -2.40. The zero-order valence-corrected chi connectivity index (χ0v) is 9.11. The van der Waals surface area contributed by atoms with Crippen molar-refractivity contribution in [2.75, 3.05) is 0 Å². The van der Waals surface area contributed by atoms with Gasteiger partial charge in [-0.25, -0.2) is 0 Å². The van der Waals surface area contributed by atoms with Gasteiger partial charge in [0.05, 0.1) is 5.69 Å². The smallest absolute Gasteiger partial charge is 0.112 e. The molecule has 0 saturated heterocycles. The van der Waals surface area contributed by atoms with E-state index >= 15 is 0 Å². The molecule has 15 heavy (non-hydrogen) atoms. The molecule has 2 aliphatic rings. The maximum absolute atomic E-state index is 10.8. The summed E-state index contributed by atoms with van der Waals surface area (Å²) in [5, 5.41) is 10.8. The number of nitrogens with zero attached hydrogens (tertiary/aromatic N) is 1. The summed E-state index contributed by atoms with van der Waals surface area (Å²) in [6.45, 7) is 2.22. The molecular weight excluding hydrogens is 186 g/mol. The maximum atomic E-state index is 10.8. The van der Waals surface area contributed by atoms with E-state index in [2.05, 4.69) is 11.9 Å². The molecule has 1 aromatic rings. The van der Waals surface area contributed by atoms with Crippen LogP contribution in [0.2, 0.25) is 0 Å². The maximum Gasteiger partial charge on any atom is 0.112 e. The van der Waals surface area contributed by atoms with Crippen molar-refractivity contribution in [1.82, 2.24) is 4.98 Å². The van der Waals surface area contributed by atoms with Gasteiger partial charge in [0.15, 0.2) is 0 Å². The topological polar surface area (TPSA) is 33.1 Å². The second-order valence-electron chi connectivity index (χ2n) is 5.45. The van der Waals surface area contributed by atoms with Crippen molar-refractivity contribution in [3.8, 4) is 0 Å². The van der Waals surface area contributed by atoms with Crippen LogP contribution in [0.1, 0.15) is 38.3 Å². The van der Waals surface area contributed by atoms with Gasteiger partial charge in [-0.3, -0.25) is 4.98 Å². The number of aromatic nitrogens is 1. The van der Waals surface area contributed by atoms with Gasteiger partial charge in [-0.15, -0.1) is 0 Å². The van der Waals surface area contributed by atoms with Crippen LogP contribution in [0.4, 0.5) is 0 Å². The SMILES string of the molecule is C[C@@]12CC[C@H](C1)C[C@@]2(O)c1ccccn1. The highest BCUT2D eigenvalue weighted by molar-refractivity contribution is 5.22. The molecule has 2 aliphatic carbocycles. The van der Waals surface area contributed by atoms with E-state index in [1.54, 1.807) is 6.20 Å². The Morgan fingerprint density at radius 3 is 2.80 bits per heavy atom. The third-order valence-corrected chi connectivity index (χ3v) is 4.51. The first-order valence-corrected chi connectivity index (χ1v) is 5.78. The largest absolute Gasteiger partial charge is 0.383 e. The molecule has 1 aromatic heterocycles. The van der Waals surface area contributed by atoms with E-state index in [-0.39, 0.29) is 5.41 Å². The van der Waals surface area contributed by atoms with Gasteiger partial charge in [0, 0.05) is 11.6 Å². The van der Waals surface area contributed by atoms with Gasteiger partial charge in [0.2, 0.25) is 0 Å². The molecule has 2 heteroatoms. The zero-order chi connectivity index (χ0) is 10.5. The predicted molar refractivity (Wildman–Crippen MR) is 58.2 cm³/mol. The Morgan fingerprint density at radius 1 is 1.40 bits per heavy atom. The highest BCUT2D eigenvalue weighted by atomic mass is 16.3. The van der Waals surface area contributed by atoms with Gasteiger partial charge in [-0.2, -0.15) is 0 Å². The van der Waals surface area contributed by atoms with E-state index in [0.717, 1.165) is 18.5 Å². The molecule has 0 spiro atoms. The summed E-state index contributed by atoms with van der Waals surface area (Å²) in [6.07, 6.45) is 6.28. The molecular formula is C13H17NO. The highest BCUT2D eigenvalue weighted by Crippen LogP contribution is 2.63. The van der Waals surface area contributed by atoms with Crippen LogP contribution < -0.4 is 0 Å². The molecule has 80 valence electrons. The van der Waals surface area contributed by atoms with Crippen molar-refractivity contribution in [2.45, 2.75) is 38.2 Å². The molecule has 0 radical (unpaired) electrons. The first kappa shape index (κ1) is 9.34. The van der Waals surface area contributed by atoms with Crippen LogP contribution in [0.5, 0.6) is 0 Å². The lowest BCUT2D eigenvalue weighted by atomic mass is 9.71. The standard InChI is InChI=1S/C13H17NO/c1-12-6-5-10(8-12)9-13(12,15)11-4-2-3-7-14-11/h2-4,7,10,15H,5-6,8-9H2,1H3/t10-,12-,13-/m1/s1. The molecule has 0 unspecified atom stereocenters. The van der Waals surface area contributed by atoms with Gasteiger partial charge >= 0.3 is 0 Å². The Morgan fingerprint density at radius 2 is 2.27 bits per heavy atom. The minimum absolute atomic E-state index is 0.0615. The van der Waals surface area contributed by atoms with E-state index in [4.69, 9.17) is 0 Å². The molecule has 0 aromatic carbocycles. The average Bonchev–Trinajstić information content (AvgIpc) is 2.73. The Balaban J connectivity index is 2.05. The fourth-order valence-electron chi connectivity index (χ4n) is 3.60. The summed E-state index contributed by atoms with van der Waals surface area (Å²) in [6, 6.07) is 5.84. The van der Waals surface area contributed by atoms with Gasteiger partial charge in [-0.05, 0) is 43.7 Å². The van der Waals surface area contributed by atoms with Crippen LogP contribution in [-0.4, -0.2) is 10.1 Å². The van der Waals surface area contributed by atoms with Gasteiger partial charge in [-0.1, -0.05) is 13.0 Å². The molecule has 1 heterocycles. The molecule has 2 saturated carbocycles. The van der Waals surface area contributed by atoms with Crippen LogP contribution in [0.25, 0.3) is 0 Å². The molecule has 3 atom stereocenters. The highest BCUT2D eigenvalue weighted by Gasteiger charge is 2.59. The summed E-state index contributed by atoms with van der Waals surface area (Å²) in [5.41, 5.74) is 0.262. The van der Waals surface area contributed by atoms with E-state index < -0.39 is 5.60 Å². The predicted octanol–water partition coefficient (Wildman–Crippen LogP) is 2.48. The third-order valence-electron chi connectivity index (χ3n) is 4.51. The Hall–Kier alpha value is -0.890. The third kappa shape index (κ3) is 1.11. The molecule has 2 nitrogen and oxygen atoms in total. The lowest BCUT2D eigenvalue weighted by Gasteiger charge is -2.40. The summed E-state index contributed by atoms with van der Waals surface area (Å²) in [5.74, 6) is 0.710. The minimum Gasteiger partial charge on any atom is -0.383 e. The zero-order valence-electron chi connectivity index (χ0n) is 9.11. The van der Waals surface area contributed by atoms with Crippen LogP contribution in [-0.2, 0) is 5.60 Å². The first-order valence-electron chi connectivity index (χ1n) is 5.78. The van der Waals surface area contributed by atoms with E-state index in [9.17, 15) is 5.11 Å². The van der Waals surface area contributed by atoms with Crippen LogP contribution >= 0.6 is 0 Å². The number of pyridine rings is 1. The van der Waals surface area contributed by atoms with Crippen molar-refractivity contribution < 1.29 is 5.11 Å². The quantitative estimate of drug-likeness (QED) is 0.760. The Bertz CT molecular complexity index is 377. The number of rotatable bonds is 1. The van der Waals surface area contributed by atoms with Crippen LogP contribution in [0.15, 0.2) is 24.4 Å². The minimum atomic E-state index is -0.669. The summed E-state index contributed by atoms with van der Waals surface area (Å²) in [4.78, 5) is 4.35. The average molecular weight is 203 g/mol. The summed E-state index contributed by atoms with van der Waals surface area (Å²) >= 11 is 0. The van der Waals surface area contributed by atoms with E-state index in [1.165, 1.54) is 12.8 Å². The lowest BCUT2D eigenvalue weighted by molar-refractivity contribution is -0.0741. The fraction of sp³-hybridized carbons (Fsp3) is 0.615. The summed E-state index contributed by atoms with van der Waals surface area (Å²) in [7, 11) is 0. The van der Waals surface area contributed by atoms with Gasteiger partial charge in [0.25, 0.3) is 0 Å². The number of aliphatic hydroxyl groups is 1. The van der Waals surface area contributed by atoms with E-state index in [0.29, 0.717) is 5.92 Å². The molecule has 2 fully saturated rings. The number of fused-ring (bicyclic) bond motifs is 2. The van der Waals surface area contributed by atoms with Gasteiger partial charge in [0.1, 0.15) is 5.60 Å². The van der Waals surface area contributed by atoms with E-state index in [1.807, 2.05) is 18.2 Å². The number of hydrogen-bond acceptors (Lipinski definition) is 2. The van der Waals surface area contributed by atoms with Crippen molar-refractivity contribution in [3.05, 3.63) is 30.1 Å². The first-order chi connectivity index (χ1) is 7.14. The molecule has 2 bridgehead atoms. The number of hydrogen-bond donors (Lipinski definition) is 1. The second-order valence-corrected chi connectivity index (χ2v) is 5.45. The summed E-state index contributed by atoms with van der Waals surface area (Å²) < 4.78 is 0. The van der Waals surface area contributed by atoms with Crippen LogP contribution in [0, 0.1) is 11.3 Å². The molecule has 0 amide bonds. The molecule has 3 rings (SSSR count). The monoisotopic (exact) mass is 203 g/mol. The normalized spacial score (nSPS) is 43.5. The fourth-order valence-corrected chi connectivity index (χ4v) is 3.60. The Labute approximate surface area is 90.4 Å². The Kier molecular flexibility index (Phi) is 1.76. The van der Waals surface area contributed by atoms with Crippen LogP contribution in [0.3, 0.4) is 0 Å². The molecule has 0 aliphatic heterocycles. The molecule has 1 N–H and O–H groups in total. The van der Waals surface area contributed by atoms with Crippen molar-refractivity contribution in [3.63, 3.8) is 0 Å².